The molecule has 0 bridgehead atoms. The highest BCUT2D eigenvalue weighted by Crippen LogP contribution is 2.16. The van der Waals surface area contributed by atoms with E-state index in [1.54, 1.807) is 0 Å². The zero-order valence-corrected chi connectivity index (χ0v) is 10.9. The van der Waals surface area contributed by atoms with Crippen molar-refractivity contribution >= 4 is 5.91 Å². The highest BCUT2D eigenvalue weighted by Gasteiger charge is 2.27. The Bertz CT molecular complexity index is 230. The molecule has 3 unspecified atom stereocenters. The first kappa shape index (κ1) is 13.5. The summed E-state index contributed by atoms with van der Waals surface area (Å²) >= 11 is 0. The minimum Gasteiger partial charge on any atom is -0.352 e. The molecule has 0 aliphatic carbocycles. The standard InChI is InChI=1S/C12H25N3O/c1-9(8-15(3)4)14-12(16)11-6-5-7-13-10(11)2/h9-11,13H,5-8H2,1-4H3,(H,14,16). The topological polar surface area (TPSA) is 44.4 Å². The van der Waals surface area contributed by atoms with Crippen molar-refractivity contribution in [1.29, 1.82) is 0 Å². The van der Waals surface area contributed by atoms with E-state index in [0.717, 1.165) is 25.9 Å². The van der Waals surface area contributed by atoms with Gasteiger partial charge < -0.3 is 15.5 Å². The van der Waals surface area contributed by atoms with Crippen LogP contribution in [0.25, 0.3) is 0 Å². The van der Waals surface area contributed by atoms with Crippen molar-refractivity contribution in [3.63, 3.8) is 0 Å². The van der Waals surface area contributed by atoms with Crippen LogP contribution in [0.3, 0.4) is 0 Å². The van der Waals surface area contributed by atoms with Crippen LogP contribution < -0.4 is 10.6 Å². The van der Waals surface area contributed by atoms with E-state index < -0.39 is 0 Å². The maximum Gasteiger partial charge on any atom is 0.224 e. The lowest BCUT2D eigenvalue weighted by atomic mass is 9.91. The first-order chi connectivity index (χ1) is 7.50. The lowest BCUT2D eigenvalue weighted by Crippen LogP contribution is -2.50. The molecule has 4 heteroatoms. The monoisotopic (exact) mass is 227 g/mol. The first-order valence-corrected chi connectivity index (χ1v) is 6.19. The highest BCUT2D eigenvalue weighted by molar-refractivity contribution is 5.79. The number of hydrogen-bond acceptors (Lipinski definition) is 3. The van der Waals surface area contributed by atoms with Crippen molar-refractivity contribution in [2.75, 3.05) is 27.2 Å². The number of piperidine rings is 1. The van der Waals surface area contributed by atoms with Crippen LogP contribution in [0.2, 0.25) is 0 Å². The molecule has 0 aromatic carbocycles. The molecule has 0 aromatic rings. The third-order valence-corrected chi connectivity index (χ3v) is 3.13. The largest absolute Gasteiger partial charge is 0.352 e. The smallest absolute Gasteiger partial charge is 0.224 e. The third kappa shape index (κ3) is 4.10. The van der Waals surface area contributed by atoms with Crippen LogP contribution >= 0.6 is 0 Å². The number of rotatable bonds is 4. The van der Waals surface area contributed by atoms with E-state index in [2.05, 4.69) is 29.4 Å². The van der Waals surface area contributed by atoms with E-state index in [0.29, 0.717) is 6.04 Å². The Morgan fingerprint density at radius 1 is 1.56 bits per heavy atom. The van der Waals surface area contributed by atoms with Crippen LogP contribution in [-0.4, -0.2) is 50.1 Å². The van der Waals surface area contributed by atoms with Gasteiger partial charge in [-0.1, -0.05) is 0 Å². The molecule has 16 heavy (non-hydrogen) atoms. The second-order valence-electron chi connectivity index (χ2n) is 5.16. The SMILES string of the molecule is CC(CN(C)C)NC(=O)C1CCCNC1C. The highest BCUT2D eigenvalue weighted by atomic mass is 16.2. The minimum atomic E-state index is 0.137. The third-order valence-electron chi connectivity index (χ3n) is 3.13. The molecule has 4 nitrogen and oxygen atoms in total. The maximum atomic E-state index is 12.0. The van der Waals surface area contributed by atoms with Crippen molar-refractivity contribution in [3.8, 4) is 0 Å². The molecular formula is C12H25N3O. The van der Waals surface area contributed by atoms with Gasteiger partial charge in [-0.05, 0) is 47.3 Å². The number of nitrogens with zero attached hydrogens (tertiary/aromatic N) is 1. The zero-order chi connectivity index (χ0) is 12.1. The average Bonchev–Trinajstić information content (AvgIpc) is 2.16. The van der Waals surface area contributed by atoms with Gasteiger partial charge in [0, 0.05) is 18.6 Å². The van der Waals surface area contributed by atoms with Gasteiger partial charge in [0.15, 0.2) is 0 Å². The van der Waals surface area contributed by atoms with Gasteiger partial charge in [0.2, 0.25) is 5.91 Å². The molecule has 3 atom stereocenters. The summed E-state index contributed by atoms with van der Waals surface area (Å²) in [6.45, 7) is 6.08. The van der Waals surface area contributed by atoms with Crippen molar-refractivity contribution in [2.45, 2.75) is 38.8 Å². The summed E-state index contributed by atoms with van der Waals surface area (Å²) in [6, 6.07) is 0.525. The fraction of sp³-hybridized carbons (Fsp3) is 0.917. The summed E-state index contributed by atoms with van der Waals surface area (Å²) in [5.41, 5.74) is 0. The lowest BCUT2D eigenvalue weighted by molar-refractivity contribution is -0.127. The molecule has 94 valence electrons. The summed E-state index contributed by atoms with van der Waals surface area (Å²) in [4.78, 5) is 14.1. The van der Waals surface area contributed by atoms with Crippen LogP contribution in [0.1, 0.15) is 26.7 Å². The molecule has 0 spiro atoms. The predicted octanol–water partition coefficient (Wildman–Crippen LogP) is 0.441. The van der Waals surface area contributed by atoms with Gasteiger partial charge in [0.25, 0.3) is 0 Å². The lowest BCUT2D eigenvalue weighted by Gasteiger charge is -2.30. The van der Waals surface area contributed by atoms with Crippen molar-refractivity contribution in [1.82, 2.24) is 15.5 Å². The number of carbonyl (C=O) groups excluding carboxylic acids is 1. The fourth-order valence-corrected chi connectivity index (χ4v) is 2.35. The Hall–Kier alpha value is -0.610. The van der Waals surface area contributed by atoms with E-state index in [-0.39, 0.29) is 17.9 Å². The Labute approximate surface area is 98.8 Å². The molecule has 1 aliphatic heterocycles. The Balaban J connectivity index is 2.38. The Morgan fingerprint density at radius 3 is 2.81 bits per heavy atom. The molecule has 0 saturated carbocycles. The van der Waals surface area contributed by atoms with Gasteiger partial charge in [0.1, 0.15) is 0 Å². The summed E-state index contributed by atoms with van der Waals surface area (Å²) in [7, 11) is 4.04. The van der Waals surface area contributed by atoms with E-state index in [4.69, 9.17) is 0 Å². The van der Waals surface area contributed by atoms with Crippen molar-refractivity contribution < 1.29 is 4.79 Å². The molecule has 1 amide bonds. The van der Waals surface area contributed by atoms with Crippen LogP contribution in [0, 0.1) is 5.92 Å². The van der Waals surface area contributed by atoms with E-state index in [1.165, 1.54) is 0 Å². The molecule has 1 aliphatic rings. The van der Waals surface area contributed by atoms with Crippen molar-refractivity contribution in [2.24, 2.45) is 5.92 Å². The molecule has 0 aromatic heterocycles. The summed E-state index contributed by atoms with van der Waals surface area (Å²) in [5.74, 6) is 0.340. The van der Waals surface area contributed by atoms with Crippen LogP contribution in [0.15, 0.2) is 0 Å². The van der Waals surface area contributed by atoms with Gasteiger partial charge in [-0.3, -0.25) is 4.79 Å². The van der Waals surface area contributed by atoms with Gasteiger partial charge in [-0.15, -0.1) is 0 Å². The quantitative estimate of drug-likeness (QED) is 0.732. The Kier molecular flexibility index (Phi) is 5.22. The van der Waals surface area contributed by atoms with E-state index in [1.807, 2.05) is 14.1 Å². The molecular weight excluding hydrogens is 202 g/mol. The second-order valence-corrected chi connectivity index (χ2v) is 5.16. The normalized spacial score (nSPS) is 27.8. The summed E-state index contributed by atoms with van der Waals surface area (Å²) < 4.78 is 0. The first-order valence-electron chi connectivity index (χ1n) is 6.19. The van der Waals surface area contributed by atoms with Crippen molar-refractivity contribution in [3.05, 3.63) is 0 Å². The van der Waals surface area contributed by atoms with E-state index in [9.17, 15) is 4.79 Å². The molecule has 2 N–H and O–H groups in total. The number of likely N-dealkylation sites (N-methyl/N-ethyl adjacent to an activating group) is 1. The van der Waals surface area contributed by atoms with Crippen LogP contribution in [0.4, 0.5) is 0 Å². The fourth-order valence-electron chi connectivity index (χ4n) is 2.35. The summed E-state index contributed by atoms with van der Waals surface area (Å²) in [5, 5.41) is 6.45. The second kappa shape index (κ2) is 6.21. The number of hydrogen-bond donors (Lipinski definition) is 2. The maximum absolute atomic E-state index is 12.0. The zero-order valence-electron chi connectivity index (χ0n) is 10.9. The van der Waals surface area contributed by atoms with Gasteiger partial charge in [-0.2, -0.15) is 0 Å². The number of nitrogens with one attached hydrogen (secondary N) is 2. The number of carbonyl (C=O) groups is 1. The van der Waals surface area contributed by atoms with E-state index >= 15 is 0 Å². The molecule has 1 rings (SSSR count). The van der Waals surface area contributed by atoms with Gasteiger partial charge in [0.05, 0.1) is 5.92 Å². The van der Waals surface area contributed by atoms with Crippen LogP contribution in [0.5, 0.6) is 0 Å². The molecule has 1 heterocycles. The Morgan fingerprint density at radius 2 is 2.25 bits per heavy atom. The van der Waals surface area contributed by atoms with Crippen LogP contribution in [-0.2, 0) is 4.79 Å². The summed E-state index contributed by atoms with van der Waals surface area (Å²) in [6.07, 6.45) is 2.11. The average molecular weight is 227 g/mol. The molecule has 0 radical (unpaired) electrons. The predicted molar refractivity (Wildman–Crippen MR) is 66.3 cm³/mol. The number of amides is 1. The minimum absolute atomic E-state index is 0.137. The molecule has 1 fully saturated rings. The van der Waals surface area contributed by atoms with Gasteiger partial charge in [-0.25, -0.2) is 0 Å². The molecule has 1 saturated heterocycles. The van der Waals surface area contributed by atoms with Gasteiger partial charge >= 0.3 is 0 Å².